The van der Waals surface area contributed by atoms with Gasteiger partial charge in [0.05, 0.1) is 30.8 Å². The van der Waals surface area contributed by atoms with Crippen molar-refractivity contribution in [3.63, 3.8) is 0 Å². The Morgan fingerprint density at radius 2 is 2.04 bits per heavy atom. The number of hydrogen-bond acceptors (Lipinski definition) is 7. The molecular formula is C19H27N5O3S. The molecule has 1 amide bonds. The smallest absolute Gasteiger partial charge is 0.237 e. The van der Waals surface area contributed by atoms with E-state index < -0.39 is 0 Å². The lowest BCUT2D eigenvalue weighted by Gasteiger charge is -2.27. The van der Waals surface area contributed by atoms with Crippen LogP contribution in [0.5, 0.6) is 5.75 Å². The van der Waals surface area contributed by atoms with Crippen LogP contribution in [0.3, 0.4) is 0 Å². The van der Waals surface area contributed by atoms with E-state index in [1.807, 2.05) is 42.7 Å². The summed E-state index contributed by atoms with van der Waals surface area (Å²) in [4.78, 5) is 14.9. The first-order valence-electron chi connectivity index (χ1n) is 9.59. The number of amides is 1. The van der Waals surface area contributed by atoms with E-state index in [2.05, 4.69) is 27.3 Å². The van der Waals surface area contributed by atoms with Crippen LogP contribution in [-0.4, -0.2) is 58.8 Å². The van der Waals surface area contributed by atoms with Crippen molar-refractivity contribution in [1.29, 1.82) is 0 Å². The summed E-state index contributed by atoms with van der Waals surface area (Å²) in [5.74, 6) is 1.40. The Labute approximate surface area is 169 Å². The summed E-state index contributed by atoms with van der Waals surface area (Å²) >= 11 is 1.40. The minimum atomic E-state index is -0.332. The molecule has 9 heteroatoms. The van der Waals surface area contributed by atoms with Gasteiger partial charge in [-0.25, -0.2) is 0 Å². The summed E-state index contributed by atoms with van der Waals surface area (Å²) in [5, 5.41) is 12.0. The van der Waals surface area contributed by atoms with E-state index in [1.54, 1.807) is 0 Å². The number of hydrogen-bond donors (Lipinski definition) is 1. The van der Waals surface area contributed by atoms with E-state index in [4.69, 9.17) is 9.47 Å². The molecule has 1 aromatic carbocycles. The maximum Gasteiger partial charge on any atom is 0.237 e. The molecule has 1 aliphatic heterocycles. The number of thioether (sulfide) groups is 1. The number of carbonyl (C=O) groups is 1. The molecule has 1 saturated heterocycles. The molecule has 1 aromatic heterocycles. The highest BCUT2D eigenvalue weighted by atomic mass is 32.2. The summed E-state index contributed by atoms with van der Waals surface area (Å²) in [6, 6.07) is 7.44. The van der Waals surface area contributed by atoms with Crippen molar-refractivity contribution in [1.82, 2.24) is 14.8 Å². The zero-order valence-corrected chi connectivity index (χ0v) is 17.4. The van der Waals surface area contributed by atoms with Gasteiger partial charge in [-0.1, -0.05) is 23.9 Å². The van der Waals surface area contributed by atoms with Gasteiger partial charge >= 0.3 is 0 Å². The summed E-state index contributed by atoms with van der Waals surface area (Å²) in [5.41, 5.74) is 0.674. The third-order valence-electron chi connectivity index (χ3n) is 4.40. The largest absolute Gasteiger partial charge is 0.492 e. The van der Waals surface area contributed by atoms with Crippen LogP contribution in [0, 0.1) is 0 Å². The highest BCUT2D eigenvalue weighted by Crippen LogP contribution is 2.28. The Morgan fingerprint density at radius 3 is 2.75 bits per heavy atom. The summed E-state index contributed by atoms with van der Waals surface area (Å²) in [6.07, 6.45) is 0. The van der Waals surface area contributed by atoms with E-state index in [-0.39, 0.29) is 11.2 Å². The Balaban J connectivity index is 1.68. The molecule has 2 heterocycles. The van der Waals surface area contributed by atoms with E-state index in [9.17, 15) is 4.79 Å². The number of carbonyl (C=O) groups excluding carboxylic acids is 1. The Hall–Kier alpha value is -2.26. The minimum absolute atomic E-state index is 0.101. The molecule has 0 unspecified atom stereocenters. The second-order valence-electron chi connectivity index (χ2n) is 6.30. The standard InChI is InChI=1S/C19H27N5O3S/c1-4-24-18(23-10-12-26-13-11-23)21-22-19(24)28-14(3)17(25)20-15-8-6-7-9-16(15)27-5-2/h6-9,14H,4-5,10-13H2,1-3H3,(H,20,25)/t14-/m1/s1. The van der Waals surface area contributed by atoms with Crippen molar-refractivity contribution in [2.75, 3.05) is 43.1 Å². The van der Waals surface area contributed by atoms with Gasteiger partial charge in [0.1, 0.15) is 5.75 Å². The summed E-state index contributed by atoms with van der Waals surface area (Å²) < 4.78 is 13.0. The Kier molecular flexibility index (Phi) is 7.16. The fraction of sp³-hybridized carbons (Fsp3) is 0.526. The van der Waals surface area contributed by atoms with Gasteiger partial charge in [0.2, 0.25) is 11.9 Å². The highest BCUT2D eigenvalue weighted by molar-refractivity contribution is 8.00. The van der Waals surface area contributed by atoms with E-state index in [1.165, 1.54) is 11.8 Å². The number of anilines is 2. The molecular weight excluding hydrogens is 378 g/mol. The summed E-state index contributed by atoms with van der Waals surface area (Å²) in [6.45, 7) is 10.1. The van der Waals surface area contributed by atoms with Crippen molar-refractivity contribution in [2.45, 2.75) is 37.7 Å². The molecule has 0 spiro atoms. The number of nitrogens with zero attached hydrogens (tertiary/aromatic N) is 4. The fourth-order valence-electron chi connectivity index (χ4n) is 2.94. The van der Waals surface area contributed by atoms with Gasteiger partial charge in [0.15, 0.2) is 5.16 Å². The van der Waals surface area contributed by atoms with Crippen LogP contribution in [0.25, 0.3) is 0 Å². The third-order valence-corrected chi connectivity index (χ3v) is 5.48. The van der Waals surface area contributed by atoms with Crippen LogP contribution in [0.15, 0.2) is 29.4 Å². The highest BCUT2D eigenvalue weighted by Gasteiger charge is 2.23. The second-order valence-corrected chi connectivity index (χ2v) is 7.61. The molecule has 0 radical (unpaired) electrons. The normalized spacial score (nSPS) is 15.3. The zero-order valence-electron chi connectivity index (χ0n) is 16.6. The van der Waals surface area contributed by atoms with Crippen molar-refractivity contribution in [3.05, 3.63) is 24.3 Å². The van der Waals surface area contributed by atoms with Crippen LogP contribution in [0.4, 0.5) is 11.6 Å². The second kappa shape index (κ2) is 9.79. The average Bonchev–Trinajstić information content (AvgIpc) is 3.12. The lowest BCUT2D eigenvalue weighted by Crippen LogP contribution is -2.38. The van der Waals surface area contributed by atoms with Crippen molar-refractivity contribution >= 4 is 29.3 Å². The number of morpholine rings is 1. The number of rotatable bonds is 8. The van der Waals surface area contributed by atoms with Crippen molar-refractivity contribution in [2.24, 2.45) is 0 Å². The Morgan fingerprint density at radius 1 is 1.29 bits per heavy atom. The van der Waals surface area contributed by atoms with Gasteiger partial charge in [0.25, 0.3) is 0 Å². The fourth-order valence-corrected chi connectivity index (χ4v) is 3.85. The first kappa shape index (κ1) is 20.5. The predicted molar refractivity (Wildman–Crippen MR) is 110 cm³/mol. The molecule has 0 bridgehead atoms. The molecule has 1 aliphatic rings. The molecule has 1 N–H and O–H groups in total. The quantitative estimate of drug-likeness (QED) is 0.676. The molecule has 8 nitrogen and oxygen atoms in total. The zero-order chi connectivity index (χ0) is 19.9. The molecule has 1 fully saturated rings. The van der Waals surface area contributed by atoms with Gasteiger partial charge in [-0.2, -0.15) is 0 Å². The van der Waals surface area contributed by atoms with Crippen LogP contribution in [0.2, 0.25) is 0 Å². The van der Waals surface area contributed by atoms with Crippen LogP contribution in [0.1, 0.15) is 20.8 Å². The van der Waals surface area contributed by atoms with Crippen molar-refractivity contribution in [3.8, 4) is 5.75 Å². The van der Waals surface area contributed by atoms with Crippen LogP contribution < -0.4 is 15.0 Å². The van der Waals surface area contributed by atoms with Gasteiger partial charge in [-0.05, 0) is 32.9 Å². The number of nitrogens with one attached hydrogen (secondary N) is 1. The third kappa shape index (κ3) is 4.77. The minimum Gasteiger partial charge on any atom is -0.492 e. The number of aromatic nitrogens is 3. The number of benzene rings is 1. The molecule has 152 valence electrons. The van der Waals surface area contributed by atoms with E-state index >= 15 is 0 Å². The lowest BCUT2D eigenvalue weighted by molar-refractivity contribution is -0.115. The van der Waals surface area contributed by atoms with Gasteiger partial charge in [0, 0.05) is 19.6 Å². The SMILES string of the molecule is CCOc1ccccc1NC(=O)[C@@H](C)Sc1nnc(N2CCOCC2)n1CC. The molecule has 0 aliphatic carbocycles. The molecule has 1 atom stereocenters. The van der Waals surface area contributed by atoms with Gasteiger partial charge in [-0.3, -0.25) is 9.36 Å². The maximum absolute atomic E-state index is 12.7. The van der Waals surface area contributed by atoms with Crippen LogP contribution >= 0.6 is 11.8 Å². The maximum atomic E-state index is 12.7. The lowest BCUT2D eigenvalue weighted by atomic mass is 10.3. The number of para-hydroxylation sites is 2. The van der Waals surface area contributed by atoms with E-state index in [0.29, 0.717) is 31.3 Å². The molecule has 2 aromatic rings. The molecule has 0 saturated carbocycles. The van der Waals surface area contributed by atoms with Gasteiger partial charge < -0.3 is 19.7 Å². The molecule has 3 rings (SSSR count). The number of ether oxygens (including phenoxy) is 2. The van der Waals surface area contributed by atoms with Gasteiger partial charge in [-0.15, -0.1) is 10.2 Å². The predicted octanol–water partition coefficient (Wildman–Crippen LogP) is 2.65. The first-order valence-corrected chi connectivity index (χ1v) is 10.5. The Bertz CT molecular complexity index is 792. The van der Waals surface area contributed by atoms with E-state index in [0.717, 1.165) is 30.7 Å². The van der Waals surface area contributed by atoms with Crippen LogP contribution in [-0.2, 0) is 16.1 Å². The topological polar surface area (TPSA) is 81.5 Å². The first-order chi connectivity index (χ1) is 13.6. The molecule has 28 heavy (non-hydrogen) atoms. The van der Waals surface area contributed by atoms with Crippen molar-refractivity contribution < 1.29 is 14.3 Å². The summed E-state index contributed by atoms with van der Waals surface area (Å²) in [7, 11) is 0. The monoisotopic (exact) mass is 405 g/mol. The average molecular weight is 406 g/mol.